The van der Waals surface area contributed by atoms with Gasteiger partial charge >= 0.3 is 0 Å². The molecule has 0 spiro atoms. The number of hydrogen-bond acceptors (Lipinski definition) is 0. The van der Waals surface area contributed by atoms with Crippen LogP contribution in [0.1, 0.15) is 39.2 Å². The fourth-order valence-corrected chi connectivity index (χ4v) is 8.70. The standard InChI is InChI=1S/C26H27ISi/c1-21(22-15-17-23(27)18-16-22)19-20-28(26(2,3)4,24-11-7-5-8-12-24)25-13-9-6-10-14-25/h5-18,21H,1-4H3/t21-/m1/s1. The molecule has 0 aliphatic heterocycles. The molecule has 28 heavy (non-hydrogen) atoms. The Kier molecular flexibility index (Phi) is 6.47. The average Bonchev–Trinajstić information content (AvgIpc) is 2.69. The van der Waals surface area contributed by atoms with Crippen LogP contribution in [0.15, 0.2) is 84.9 Å². The molecule has 0 fully saturated rings. The molecule has 0 radical (unpaired) electrons. The minimum Gasteiger partial charge on any atom is -0.119 e. The van der Waals surface area contributed by atoms with E-state index in [9.17, 15) is 0 Å². The van der Waals surface area contributed by atoms with Crippen molar-refractivity contribution in [3.63, 3.8) is 0 Å². The Balaban J connectivity index is 2.19. The summed E-state index contributed by atoms with van der Waals surface area (Å²) in [4.78, 5) is 0. The maximum atomic E-state index is 3.91. The van der Waals surface area contributed by atoms with Gasteiger partial charge in [0.2, 0.25) is 8.07 Å². The van der Waals surface area contributed by atoms with E-state index in [0.717, 1.165) is 0 Å². The molecule has 1 atom stereocenters. The summed E-state index contributed by atoms with van der Waals surface area (Å²) in [5.41, 5.74) is 5.19. The van der Waals surface area contributed by atoms with E-state index < -0.39 is 8.07 Å². The Morgan fingerprint density at radius 2 is 1.21 bits per heavy atom. The number of benzene rings is 3. The Morgan fingerprint density at radius 3 is 1.64 bits per heavy atom. The first-order chi connectivity index (χ1) is 13.3. The minimum atomic E-state index is -2.32. The van der Waals surface area contributed by atoms with Crippen molar-refractivity contribution < 1.29 is 0 Å². The molecule has 142 valence electrons. The van der Waals surface area contributed by atoms with Crippen molar-refractivity contribution in [1.29, 1.82) is 0 Å². The van der Waals surface area contributed by atoms with Gasteiger partial charge < -0.3 is 0 Å². The van der Waals surface area contributed by atoms with Gasteiger partial charge in [-0.3, -0.25) is 0 Å². The molecule has 0 amide bonds. The third-order valence-corrected chi connectivity index (χ3v) is 11.3. The van der Waals surface area contributed by atoms with E-state index in [1.807, 2.05) is 0 Å². The van der Waals surface area contributed by atoms with Crippen LogP contribution in [-0.4, -0.2) is 8.07 Å². The molecule has 2 heteroatoms. The third-order valence-electron chi connectivity index (χ3n) is 5.38. The largest absolute Gasteiger partial charge is 0.204 e. The van der Waals surface area contributed by atoms with E-state index in [4.69, 9.17) is 0 Å². The molecule has 0 unspecified atom stereocenters. The topological polar surface area (TPSA) is 0 Å². The lowest BCUT2D eigenvalue weighted by molar-refractivity contribution is 0.740. The smallest absolute Gasteiger partial charge is 0.119 e. The fourth-order valence-electron chi connectivity index (χ4n) is 3.79. The highest BCUT2D eigenvalue weighted by Gasteiger charge is 2.47. The molecule has 0 aliphatic rings. The average molecular weight is 494 g/mol. The van der Waals surface area contributed by atoms with Crippen molar-refractivity contribution in [3.8, 4) is 11.5 Å². The SMILES string of the molecule is C[C@H](C#C[Si](c1ccccc1)(c1ccccc1)C(C)(C)C)c1ccc(I)cc1. The van der Waals surface area contributed by atoms with Crippen molar-refractivity contribution in [3.05, 3.63) is 94.1 Å². The maximum Gasteiger partial charge on any atom is 0.204 e. The van der Waals surface area contributed by atoms with Crippen LogP contribution in [0.4, 0.5) is 0 Å². The summed E-state index contributed by atoms with van der Waals surface area (Å²) in [5.74, 6) is 3.88. The van der Waals surface area contributed by atoms with Crippen LogP contribution < -0.4 is 10.4 Å². The van der Waals surface area contributed by atoms with Gasteiger partial charge in [-0.1, -0.05) is 93.6 Å². The van der Waals surface area contributed by atoms with Crippen molar-refractivity contribution in [1.82, 2.24) is 0 Å². The van der Waals surface area contributed by atoms with Crippen molar-refractivity contribution >= 4 is 41.0 Å². The van der Waals surface area contributed by atoms with E-state index in [1.54, 1.807) is 0 Å². The summed E-state index contributed by atoms with van der Waals surface area (Å²) in [5, 5.41) is 2.83. The molecule has 0 aliphatic carbocycles. The summed E-state index contributed by atoms with van der Waals surface area (Å²) in [6.07, 6.45) is 0. The monoisotopic (exact) mass is 494 g/mol. The molecule has 0 bridgehead atoms. The van der Waals surface area contributed by atoms with E-state index in [1.165, 1.54) is 19.5 Å². The highest BCUT2D eigenvalue weighted by Crippen LogP contribution is 2.35. The third kappa shape index (κ3) is 4.26. The maximum absolute atomic E-state index is 3.91. The van der Waals surface area contributed by atoms with Gasteiger partial charge in [0.05, 0.1) is 0 Å². The van der Waals surface area contributed by atoms with Crippen LogP contribution >= 0.6 is 22.6 Å². The normalized spacial score (nSPS) is 12.8. The first-order valence-corrected chi connectivity index (χ1v) is 12.8. The van der Waals surface area contributed by atoms with Crippen LogP contribution in [0, 0.1) is 15.0 Å². The van der Waals surface area contributed by atoms with Crippen molar-refractivity contribution in [2.24, 2.45) is 0 Å². The van der Waals surface area contributed by atoms with Crippen LogP contribution in [0.3, 0.4) is 0 Å². The lowest BCUT2D eigenvalue weighted by atomic mass is 10.0. The van der Waals surface area contributed by atoms with Crippen LogP contribution in [0.2, 0.25) is 5.04 Å². The predicted octanol–water partition coefficient (Wildman–Crippen LogP) is 6.00. The molecule has 3 aromatic rings. The summed E-state index contributed by atoms with van der Waals surface area (Å²) in [6.45, 7) is 9.27. The van der Waals surface area contributed by atoms with Crippen LogP contribution in [0.25, 0.3) is 0 Å². The number of halogens is 1. The van der Waals surface area contributed by atoms with Gasteiger partial charge in [0.15, 0.2) is 0 Å². The zero-order valence-corrected chi connectivity index (χ0v) is 20.2. The zero-order chi connectivity index (χ0) is 20.2. The second-order valence-corrected chi connectivity index (χ2v) is 13.9. The highest BCUT2D eigenvalue weighted by molar-refractivity contribution is 14.1. The minimum absolute atomic E-state index is 0.0640. The van der Waals surface area contributed by atoms with Gasteiger partial charge in [0, 0.05) is 9.49 Å². The van der Waals surface area contributed by atoms with Gasteiger partial charge in [0.1, 0.15) is 0 Å². The first kappa shape index (κ1) is 20.9. The Labute approximate surface area is 184 Å². The molecule has 3 aromatic carbocycles. The molecule has 3 rings (SSSR count). The fraction of sp³-hybridized carbons (Fsp3) is 0.231. The van der Waals surface area contributed by atoms with Gasteiger partial charge in [-0.25, -0.2) is 0 Å². The Morgan fingerprint density at radius 1 is 0.750 bits per heavy atom. The lowest BCUT2D eigenvalue weighted by Crippen LogP contribution is -2.63. The summed E-state index contributed by atoms with van der Waals surface area (Å²) in [6, 6.07) is 30.6. The van der Waals surface area contributed by atoms with E-state index in [2.05, 4.69) is 147 Å². The molecule has 0 nitrogen and oxygen atoms in total. The number of rotatable bonds is 3. The van der Waals surface area contributed by atoms with Crippen molar-refractivity contribution in [2.45, 2.75) is 38.7 Å². The summed E-state index contributed by atoms with van der Waals surface area (Å²) >= 11 is 2.35. The van der Waals surface area contributed by atoms with Crippen LogP contribution in [0.5, 0.6) is 0 Å². The van der Waals surface area contributed by atoms with Gasteiger partial charge in [-0.05, 0) is 62.6 Å². The zero-order valence-electron chi connectivity index (χ0n) is 17.0. The second-order valence-electron chi connectivity index (χ2n) is 8.27. The van der Waals surface area contributed by atoms with Gasteiger partial charge in [0.25, 0.3) is 0 Å². The Hall–Kier alpha value is -1.83. The quantitative estimate of drug-likeness (QED) is 0.238. The van der Waals surface area contributed by atoms with E-state index in [0.29, 0.717) is 0 Å². The molecule has 0 heterocycles. The van der Waals surface area contributed by atoms with E-state index in [-0.39, 0.29) is 11.0 Å². The molecule has 0 saturated heterocycles. The van der Waals surface area contributed by atoms with Gasteiger partial charge in [-0.2, -0.15) is 0 Å². The second kappa shape index (κ2) is 8.67. The molecule has 0 N–H and O–H groups in total. The molecular formula is C26H27ISi. The predicted molar refractivity (Wildman–Crippen MR) is 133 cm³/mol. The molecule has 0 aromatic heterocycles. The highest BCUT2D eigenvalue weighted by atomic mass is 127. The van der Waals surface area contributed by atoms with E-state index >= 15 is 0 Å². The Bertz CT molecular complexity index is 919. The number of hydrogen-bond donors (Lipinski definition) is 0. The molecule has 0 saturated carbocycles. The molecular weight excluding hydrogens is 467 g/mol. The first-order valence-electron chi connectivity index (χ1n) is 9.74. The van der Waals surface area contributed by atoms with Crippen LogP contribution in [-0.2, 0) is 0 Å². The van der Waals surface area contributed by atoms with Crippen molar-refractivity contribution in [2.75, 3.05) is 0 Å². The summed E-state index contributed by atoms with van der Waals surface area (Å²) < 4.78 is 1.26. The van der Waals surface area contributed by atoms with Gasteiger partial charge in [-0.15, -0.1) is 11.5 Å². The summed E-state index contributed by atoms with van der Waals surface area (Å²) in [7, 11) is -2.32. The lowest BCUT2D eigenvalue weighted by Gasteiger charge is -2.39.